The van der Waals surface area contributed by atoms with Gasteiger partial charge in [-0.25, -0.2) is 4.79 Å². The van der Waals surface area contributed by atoms with Crippen LogP contribution >= 0.6 is 11.8 Å². The molecule has 116 valence electrons. The van der Waals surface area contributed by atoms with Gasteiger partial charge in [-0.1, -0.05) is 37.3 Å². The Morgan fingerprint density at radius 2 is 2.14 bits per heavy atom. The van der Waals surface area contributed by atoms with Crippen LogP contribution in [0.5, 0.6) is 0 Å². The number of urea groups is 1. The molecule has 0 bridgehead atoms. The number of carbonyl (C=O) groups excluding carboxylic acids is 1. The van der Waals surface area contributed by atoms with Crippen LogP contribution in [0.3, 0.4) is 0 Å². The molecule has 1 aliphatic carbocycles. The Morgan fingerprint density at radius 3 is 2.81 bits per heavy atom. The Hall–Kier alpha value is -1.20. The van der Waals surface area contributed by atoms with E-state index < -0.39 is 0 Å². The van der Waals surface area contributed by atoms with Crippen molar-refractivity contribution in [1.29, 1.82) is 0 Å². The second-order valence-electron chi connectivity index (χ2n) is 5.35. The minimum atomic E-state index is -0.353. The Morgan fingerprint density at radius 1 is 1.38 bits per heavy atom. The number of nitrogens with one attached hydrogen (secondary N) is 2. The Kier molecular flexibility index (Phi) is 6.39. The van der Waals surface area contributed by atoms with Gasteiger partial charge < -0.3 is 15.7 Å². The molecular formula is C16H24N2O2S. The van der Waals surface area contributed by atoms with Crippen LogP contribution in [-0.2, 0) is 0 Å². The van der Waals surface area contributed by atoms with E-state index in [1.165, 1.54) is 6.42 Å². The zero-order valence-corrected chi connectivity index (χ0v) is 13.2. The molecule has 5 heteroatoms. The molecule has 2 amide bonds. The molecule has 1 aliphatic rings. The summed E-state index contributed by atoms with van der Waals surface area (Å²) >= 11 is 1.97. The summed E-state index contributed by atoms with van der Waals surface area (Å²) in [5, 5.41) is 16.0. The molecule has 0 saturated heterocycles. The van der Waals surface area contributed by atoms with Gasteiger partial charge in [-0.3, -0.25) is 0 Å². The maximum absolute atomic E-state index is 12.1. The van der Waals surface area contributed by atoms with E-state index in [0.717, 1.165) is 24.2 Å². The predicted octanol–water partition coefficient (Wildman–Crippen LogP) is 2.69. The second-order valence-corrected chi connectivity index (χ2v) is 6.93. The van der Waals surface area contributed by atoms with Gasteiger partial charge in [-0.15, -0.1) is 0 Å². The van der Waals surface area contributed by atoms with Crippen LogP contribution in [-0.4, -0.2) is 34.8 Å². The van der Waals surface area contributed by atoms with Gasteiger partial charge in [-0.05, 0) is 30.6 Å². The highest BCUT2D eigenvalue weighted by Crippen LogP contribution is 2.29. The lowest BCUT2D eigenvalue weighted by molar-refractivity contribution is 0.214. The molecule has 1 fully saturated rings. The average molecular weight is 308 g/mol. The van der Waals surface area contributed by atoms with Crippen molar-refractivity contribution < 1.29 is 9.90 Å². The number of amides is 2. The lowest BCUT2D eigenvalue weighted by atomic mass is 10.1. The van der Waals surface area contributed by atoms with E-state index in [2.05, 4.69) is 17.6 Å². The first-order valence-electron chi connectivity index (χ1n) is 7.57. The zero-order valence-electron chi connectivity index (χ0n) is 12.4. The smallest absolute Gasteiger partial charge is 0.315 e. The van der Waals surface area contributed by atoms with E-state index in [4.69, 9.17) is 0 Å². The topological polar surface area (TPSA) is 61.4 Å². The van der Waals surface area contributed by atoms with Gasteiger partial charge in [-0.2, -0.15) is 11.8 Å². The fraction of sp³-hybridized carbons (Fsp3) is 0.562. The van der Waals surface area contributed by atoms with E-state index in [1.807, 2.05) is 42.1 Å². The van der Waals surface area contributed by atoms with Gasteiger partial charge in [0.2, 0.25) is 0 Å². The fourth-order valence-corrected chi connectivity index (χ4v) is 3.91. The Balaban J connectivity index is 1.81. The lowest BCUT2D eigenvalue weighted by Gasteiger charge is -2.19. The van der Waals surface area contributed by atoms with Crippen LogP contribution in [0, 0.1) is 0 Å². The highest BCUT2D eigenvalue weighted by Gasteiger charge is 2.26. The molecule has 0 radical (unpaired) electrons. The molecule has 1 aromatic rings. The van der Waals surface area contributed by atoms with Gasteiger partial charge >= 0.3 is 6.03 Å². The van der Waals surface area contributed by atoms with Gasteiger partial charge in [0.05, 0.1) is 12.6 Å². The van der Waals surface area contributed by atoms with Gasteiger partial charge in [0.1, 0.15) is 0 Å². The fourth-order valence-electron chi connectivity index (χ4n) is 2.76. The molecule has 0 aromatic heterocycles. The van der Waals surface area contributed by atoms with Crippen LogP contribution in [0.1, 0.15) is 37.8 Å². The van der Waals surface area contributed by atoms with Crippen LogP contribution in [0.15, 0.2) is 30.3 Å². The lowest BCUT2D eigenvalue weighted by Crippen LogP contribution is -2.43. The summed E-state index contributed by atoms with van der Waals surface area (Å²) in [7, 11) is 0. The first-order chi connectivity index (χ1) is 10.2. The average Bonchev–Trinajstić information content (AvgIpc) is 2.93. The summed E-state index contributed by atoms with van der Waals surface area (Å²) in [4.78, 5) is 12.1. The first kappa shape index (κ1) is 16.2. The number of hydrogen-bond donors (Lipinski definition) is 3. The summed E-state index contributed by atoms with van der Waals surface area (Å²) in [5.41, 5.74) is 0.918. The summed E-state index contributed by atoms with van der Waals surface area (Å²) in [6.07, 6.45) is 3.26. The van der Waals surface area contributed by atoms with Gasteiger partial charge in [0, 0.05) is 11.3 Å². The van der Waals surface area contributed by atoms with Crippen LogP contribution in [0.25, 0.3) is 0 Å². The van der Waals surface area contributed by atoms with E-state index in [9.17, 15) is 9.90 Å². The summed E-state index contributed by atoms with van der Waals surface area (Å²) in [6.45, 7) is 2.07. The monoisotopic (exact) mass is 308 g/mol. The molecule has 0 spiro atoms. The molecule has 0 heterocycles. The second kappa shape index (κ2) is 8.29. The molecule has 2 rings (SSSR count). The SMILES string of the molecule is CCS[C@@H]1CC[C@H](NC(=O)N[C@@H](CO)c2ccccc2)C1. The quantitative estimate of drug-likeness (QED) is 0.757. The molecule has 1 saturated carbocycles. The van der Waals surface area contributed by atoms with Crippen molar-refractivity contribution in [2.24, 2.45) is 0 Å². The number of carbonyl (C=O) groups is 1. The largest absolute Gasteiger partial charge is 0.394 e. The molecule has 0 unspecified atom stereocenters. The van der Waals surface area contributed by atoms with Crippen molar-refractivity contribution in [3.63, 3.8) is 0 Å². The molecule has 0 aliphatic heterocycles. The molecule has 3 atom stereocenters. The van der Waals surface area contributed by atoms with E-state index in [0.29, 0.717) is 5.25 Å². The molecule has 21 heavy (non-hydrogen) atoms. The van der Waals surface area contributed by atoms with Crippen molar-refractivity contribution in [3.05, 3.63) is 35.9 Å². The number of aliphatic hydroxyl groups is 1. The molecule has 3 N–H and O–H groups in total. The third kappa shape index (κ3) is 4.93. The highest BCUT2D eigenvalue weighted by atomic mass is 32.2. The number of hydrogen-bond acceptors (Lipinski definition) is 3. The third-order valence-corrected chi connectivity index (χ3v) is 5.04. The first-order valence-corrected chi connectivity index (χ1v) is 8.62. The molecule has 4 nitrogen and oxygen atoms in total. The van der Waals surface area contributed by atoms with Gasteiger partial charge in [0.15, 0.2) is 0 Å². The highest BCUT2D eigenvalue weighted by molar-refractivity contribution is 7.99. The normalized spacial score (nSPS) is 22.8. The number of benzene rings is 1. The Bertz CT molecular complexity index is 441. The van der Waals surface area contributed by atoms with Crippen LogP contribution < -0.4 is 10.6 Å². The minimum absolute atomic E-state index is 0.101. The van der Waals surface area contributed by atoms with Crippen LogP contribution in [0.4, 0.5) is 4.79 Å². The predicted molar refractivity (Wildman–Crippen MR) is 87.5 cm³/mol. The van der Waals surface area contributed by atoms with Crippen molar-refractivity contribution in [3.8, 4) is 0 Å². The van der Waals surface area contributed by atoms with Gasteiger partial charge in [0.25, 0.3) is 0 Å². The third-order valence-electron chi connectivity index (χ3n) is 3.81. The van der Waals surface area contributed by atoms with E-state index in [1.54, 1.807) is 0 Å². The number of thioether (sulfide) groups is 1. The van der Waals surface area contributed by atoms with Crippen molar-refractivity contribution in [2.45, 2.75) is 43.5 Å². The zero-order chi connectivity index (χ0) is 15.1. The van der Waals surface area contributed by atoms with E-state index in [-0.39, 0.29) is 24.7 Å². The number of rotatable bonds is 6. The summed E-state index contributed by atoms with van der Waals surface area (Å²) in [6, 6.07) is 9.25. The Labute approximate surface area is 130 Å². The van der Waals surface area contributed by atoms with Crippen molar-refractivity contribution in [1.82, 2.24) is 10.6 Å². The van der Waals surface area contributed by atoms with Crippen molar-refractivity contribution in [2.75, 3.05) is 12.4 Å². The number of aliphatic hydroxyl groups excluding tert-OH is 1. The molecular weight excluding hydrogens is 284 g/mol. The van der Waals surface area contributed by atoms with Crippen LogP contribution in [0.2, 0.25) is 0 Å². The maximum Gasteiger partial charge on any atom is 0.315 e. The summed E-state index contributed by atoms with van der Waals surface area (Å²) < 4.78 is 0. The maximum atomic E-state index is 12.1. The van der Waals surface area contributed by atoms with E-state index >= 15 is 0 Å². The molecule has 1 aromatic carbocycles. The standard InChI is InChI=1S/C16H24N2O2S/c1-2-21-14-9-8-13(10-14)17-16(20)18-15(11-19)12-6-4-3-5-7-12/h3-7,13-15,19H,2,8-11H2,1H3,(H2,17,18,20)/t13-,14+,15-/m0/s1. The van der Waals surface area contributed by atoms with Crippen molar-refractivity contribution >= 4 is 17.8 Å². The summed E-state index contributed by atoms with van der Waals surface area (Å²) in [5.74, 6) is 1.13. The minimum Gasteiger partial charge on any atom is -0.394 e.